The highest BCUT2D eigenvalue weighted by atomic mass is 35.5. The lowest BCUT2D eigenvalue weighted by Crippen LogP contribution is -2.46. The van der Waals surface area contributed by atoms with E-state index in [-0.39, 0.29) is 11.8 Å². The molecule has 120 valence electrons. The normalized spacial score (nSPS) is 15.6. The number of halogens is 1. The summed E-state index contributed by atoms with van der Waals surface area (Å²) in [6, 6.07) is 12.5. The van der Waals surface area contributed by atoms with E-state index >= 15 is 0 Å². The van der Waals surface area contributed by atoms with E-state index < -0.39 is 0 Å². The molecule has 0 N–H and O–H groups in total. The van der Waals surface area contributed by atoms with Crippen LogP contribution in [-0.2, 0) is 4.79 Å². The van der Waals surface area contributed by atoms with Crippen molar-refractivity contribution in [1.29, 1.82) is 0 Å². The van der Waals surface area contributed by atoms with Gasteiger partial charge in [0.1, 0.15) is 5.88 Å². The number of amides is 1. The Morgan fingerprint density at radius 3 is 2.22 bits per heavy atom. The molecule has 2 heterocycles. The van der Waals surface area contributed by atoms with Crippen molar-refractivity contribution in [2.24, 2.45) is 0 Å². The summed E-state index contributed by atoms with van der Waals surface area (Å²) in [5.74, 6) is 0.0990. The van der Waals surface area contributed by atoms with Crippen LogP contribution in [0.5, 0.6) is 0 Å². The van der Waals surface area contributed by atoms with Crippen LogP contribution in [0.25, 0.3) is 11.1 Å². The third-order valence-electron chi connectivity index (χ3n) is 3.81. The Labute approximate surface area is 145 Å². The maximum atomic E-state index is 11.6. The van der Waals surface area contributed by atoms with Gasteiger partial charge in [-0.05, 0) is 47.3 Å². The van der Waals surface area contributed by atoms with Crippen molar-refractivity contribution in [3.8, 4) is 11.1 Å². The maximum Gasteiger partial charge on any atom is 0.237 e. The molecule has 0 atom stereocenters. The highest BCUT2D eigenvalue weighted by Crippen LogP contribution is 2.27. The molecule has 1 fully saturated rings. The second kappa shape index (κ2) is 7.81. The Morgan fingerprint density at radius 1 is 1.00 bits per heavy atom. The summed E-state index contributed by atoms with van der Waals surface area (Å²) >= 11 is 7.34. The fourth-order valence-corrected chi connectivity index (χ4v) is 3.59. The molecule has 6 heteroatoms. The average molecular weight is 348 g/mol. The van der Waals surface area contributed by atoms with Gasteiger partial charge in [-0.25, -0.2) is 4.31 Å². The summed E-state index contributed by atoms with van der Waals surface area (Å²) in [5.41, 5.74) is 2.36. The number of aromatic nitrogens is 1. The Hall–Kier alpha value is -1.56. The van der Waals surface area contributed by atoms with Crippen LogP contribution in [0.4, 0.5) is 0 Å². The van der Waals surface area contributed by atoms with Crippen molar-refractivity contribution in [3.05, 3.63) is 48.8 Å². The summed E-state index contributed by atoms with van der Waals surface area (Å²) in [6.45, 7) is 3.21. The predicted molar refractivity (Wildman–Crippen MR) is 94.4 cm³/mol. The van der Waals surface area contributed by atoms with Gasteiger partial charge in [-0.15, -0.1) is 11.6 Å². The van der Waals surface area contributed by atoms with E-state index in [1.165, 1.54) is 16.0 Å². The largest absolute Gasteiger partial charge is 0.339 e. The highest BCUT2D eigenvalue weighted by molar-refractivity contribution is 7.97. The number of carbonyl (C=O) groups is 1. The van der Waals surface area contributed by atoms with Crippen LogP contribution in [0.15, 0.2) is 53.7 Å². The van der Waals surface area contributed by atoms with E-state index in [4.69, 9.17) is 11.6 Å². The quantitative estimate of drug-likeness (QED) is 0.629. The van der Waals surface area contributed by atoms with Gasteiger partial charge in [0, 0.05) is 43.5 Å². The van der Waals surface area contributed by atoms with Gasteiger partial charge >= 0.3 is 0 Å². The number of piperazine rings is 1. The van der Waals surface area contributed by atoms with E-state index in [9.17, 15) is 4.79 Å². The number of carbonyl (C=O) groups excluding carboxylic acids is 1. The SMILES string of the molecule is O=C(CCl)N1CCN(Sc2ccc(-c3ccncc3)cc2)CC1. The van der Waals surface area contributed by atoms with Crippen LogP contribution < -0.4 is 0 Å². The molecule has 1 aliphatic heterocycles. The van der Waals surface area contributed by atoms with Crippen molar-refractivity contribution in [2.45, 2.75) is 4.90 Å². The third kappa shape index (κ3) is 4.25. The highest BCUT2D eigenvalue weighted by Gasteiger charge is 2.20. The number of hydrogen-bond donors (Lipinski definition) is 0. The predicted octanol–water partition coefficient (Wildman–Crippen LogP) is 3.14. The van der Waals surface area contributed by atoms with Gasteiger partial charge in [-0.3, -0.25) is 9.78 Å². The molecule has 0 aliphatic carbocycles. The zero-order valence-electron chi connectivity index (χ0n) is 12.7. The minimum atomic E-state index is 0.0259. The van der Waals surface area contributed by atoms with E-state index in [1.807, 2.05) is 17.0 Å². The molecule has 23 heavy (non-hydrogen) atoms. The van der Waals surface area contributed by atoms with E-state index in [1.54, 1.807) is 24.3 Å². The Bertz CT molecular complexity index is 643. The van der Waals surface area contributed by atoms with Crippen LogP contribution in [-0.4, -0.2) is 52.2 Å². The molecular weight excluding hydrogens is 330 g/mol. The molecule has 0 unspecified atom stereocenters. The van der Waals surface area contributed by atoms with Gasteiger partial charge in [0.15, 0.2) is 0 Å². The zero-order chi connectivity index (χ0) is 16.1. The van der Waals surface area contributed by atoms with E-state index in [2.05, 4.69) is 33.6 Å². The zero-order valence-corrected chi connectivity index (χ0v) is 14.3. The minimum Gasteiger partial charge on any atom is -0.339 e. The molecule has 0 spiro atoms. The first-order valence-electron chi connectivity index (χ1n) is 7.53. The number of pyridine rings is 1. The summed E-state index contributed by atoms with van der Waals surface area (Å²) in [5, 5.41) is 0. The van der Waals surface area contributed by atoms with Crippen LogP contribution in [0, 0.1) is 0 Å². The van der Waals surface area contributed by atoms with Gasteiger partial charge in [0.2, 0.25) is 5.91 Å². The fraction of sp³-hybridized carbons (Fsp3) is 0.294. The Balaban J connectivity index is 1.56. The number of nitrogens with zero attached hydrogens (tertiary/aromatic N) is 3. The van der Waals surface area contributed by atoms with E-state index in [0.717, 1.165) is 26.2 Å². The second-order valence-corrected chi connectivity index (χ2v) is 6.73. The third-order valence-corrected chi connectivity index (χ3v) is 5.14. The van der Waals surface area contributed by atoms with Crippen LogP contribution in [0.3, 0.4) is 0 Å². The Morgan fingerprint density at radius 2 is 1.61 bits per heavy atom. The molecule has 0 radical (unpaired) electrons. The van der Waals surface area contributed by atoms with Gasteiger partial charge in [0.05, 0.1) is 0 Å². The lowest BCUT2D eigenvalue weighted by atomic mass is 10.1. The van der Waals surface area contributed by atoms with Crippen molar-refractivity contribution in [3.63, 3.8) is 0 Å². The van der Waals surface area contributed by atoms with E-state index in [0.29, 0.717) is 0 Å². The summed E-state index contributed by atoms with van der Waals surface area (Å²) in [7, 11) is 0. The van der Waals surface area contributed by atoms with Crippen molar-refractivity contribution < 1.29 is 4.79 Å². The van der Waals surface area contributed by atoms with Crippen LogP contribution in [0.2, 0.25) is 0 Å². The smallest absolute Gasteiger partial charge is 0.237 e. The lowest BCUT2D eigenvalue weighted by Gasteiger charge is -2.33. The molecule has 1 saturated heterocycles. The monoisotopic (exact) mass is 347 g/mol. The Kier molecular flexibility index (Phi) is 5.54. The van der Waals surface area contributed by atoms with Crippen LogP contribution >= 0.6 is 23.5 Å². The maximum absolute atomic E-state index is 11.6. The lowest BCUT2D eigenvalue weighted by molar-refractivity contribution is -0.129. The molecule has 1 aromatic heterocycles. The second-order valence-electron chi connectivity index (χ2n) is 5.29. The first kappa shape index (κ1) is 16.3. The first-order valence-corrected chi connectivity index (χ1v) is 8.84. The van der Waals surface area contributed by atoms with Gasteiger partial charge in [0.25, 0.3) is 0 Å². The molecule has 0 bridgehead atoms. The fourth-order valence-electron chi connectivity index (χ4n) is 2.51. The number of alkyl halides is 1. The summed E-state index contributed by atoms with van der Waals surface area (Å²) in [6.07, 6.45) is 3.61. The number of rotatable bonds is 4. The molecule has 3 rings (SSSR count). The topological polar surface area (TPSA) is 36.4 Å². The van der Waals surface area contributed by atoms with Gasteiger partial charge < -0.3 is 4.90 Å². The van der Waals surface area contributed by atoms with Crippen molar-refractivity contribution in [1.82, 2.24) is 14.2 Å². The van der Waals surface area contributed by atoms with Crippen molar-refractivity contribution >= 4 is 29.5 Å². The molecule has 1 aromatic carbocycles. The molecule has 1 amide bonds. The minimum absolute atomic E-state index is 0.0259. The summed E-state index contributed by atoms with van der Waals surface area (Å²) < 4.78 is 2.29. The standard InChI is InChI=1S/C17H18ClN3OS/c18-13-17(22)20-9-11-21(12-10-20)23-16-3-1-14(2-4-16)15-5-7-19-8-6-15/h1-8H,9-13H2. The number of hydrogen-bond acceptors (Lipinski definition) is 4. The molecular formula is C17H18ClN3OS. The van der Waals surface area contributed by atoms with Gasteiger partial charge in [-0.2, -0.15) is 0 Å². The summed E-state index contributed by atoms with van der Waals surface area (Å²) in [4.78, 5) is 18.6. The van der Waals surface area contributed by atoms with Crippen LogP contribution in [0.1, 0.15) is 0 Å². The van der Waals surface area contributed by atoms with Gasteiger partial charge in [-0.1, -0.05) is 12.1 Å². The molecule has 1 aliphatic rings. The van der Waals surface area contributed by atoms with Crippen molar-refractivity contribution in [2.75, 3.05) is 32.1 Å². The average Bonchev–Trinajstić information content (AvgIpc) is 2.63. The molecule has 4 nitrogen and oxygen atoms in total. The first-order chi connectivity index (χ1) is 11.3. The molecule has 2 aromatic rings. The number of benzene rings is 1. The molecule has 0 saturated carbocycles.